The number of anilines is 2. The summed E-state index contributed by atoms with van der Waals surface area (Å²) < 4.78 is 13.5. The van der Waals surface area contributed by atoms with Crippen LogP contribution in [0.15, 0.2) is 9.21 Å². The number of rotatable bonds is 7. The van der Waals surface area contributed by atoms with Crippen LogP contribution in [0, 0.1) is 17.8 Å². The lowest BCUT2D eigenvalue weighted by Crippen LogP contribution is -2.49. The van der Waals surface area contributed by atoms with Gasteiger partial charge in [-0.3, -0.25) is 0 Å². The van der Waals surface area contributed by atoms with Gasteiger partial charge in [-0.15, -0.1) is 5.10 Å². The molecule has 0 amide bonds. The van der Waals surface area contributed by atoms with Crippen LogP contribution in [0.2, 0.25) is 0 Å². The second-order valence-corrected chi connectivity index (χ2v) is 11.8. The SMILES string of the molecule is CC1CCC(Cn2c(N3CCOC(C)C3C)nc3nc(-c4n[nH]c(=O)o4)nc(N[C@H](C)C4CCC4)c32)CC1. The molecular formula is C27H40N8O3. The number of imidazole rings is 1. The van der Waals surface area contributed by atoms with Crippen molar-refractivity contribution in [3.05, 3.63) is 10.6 Å². The molecule has 3 aliphatic rings. The molecule has 0 aromatic carbocycles. The first kappa shape index (κ1) is 25.3. The average Bonchev–Trinajstić information content (AvgIpc) is 3.45. The van der Waals surface area contributed by atoms with Crippen molar-refractivity contribution >= 4 is 22.9 Å². The summed E-state index contributed by atoms with van der Waals surface area (Å²) in [5, 5.41) is 10.0. The van der Waals surface area contributed by atoms with E-state index in [9.17, 15) is 4.79 Å². The predicted molar refractivity (Wildman–Crippen MR) is 145 cm³/mol. The predicted octanol–water partition coefficient (Wildman–Crippen LogP) is 4.21. The summed E-state index contributed by atoms with van der Waals surface area (Å²) in [5.74, 6) is 3.32. The third-order valence-corrected chi connectivity index (χ3v) is 9.15. The van der Waals surface area contributed by atoms with E-state index in [0.29, 0.717) is 24.1 Å². The molecule has 3 aromatic heterocycles. The normalized spacial score (nSPS) is 27.4. The molecule has 11 nitrogen and oxygen atoms in total. The molecule has 3 fully saturated rings. The number of H-pyrrole nitrogens is 1. The molecule has 3 aromatic rings. The summed E-state index contributed by atoms with van der Waals surface area (Å²) in [6, 6.07) is 0.429. The van der Waals surface area contributed by atoms with Gasteiger partial charge in [0.05, 0.1) is 18.8 Å². The Hall–Kier alpha value is -2.95. The van der Waals surface area contributed by atoms with Crippen LogP contribution in [0.5, 0.6) is 0 Å². The Kier molecular flexibility index (Phi) is 6.88. The molecule has 206 valence electrons. The largest absolute Gasteiger partial charge is 0.434 e. The molecular weight excluding hydrogens is 484 g/mol. The maximum Gasteiger partial charge on any atom is 0.434 e. The van der Waals surface area contributed by atoms with E-state index in [1.807, 2.05) is 0 Å². The van der Waals surface area contributed by atoms with E-state index < -0.39 is 5.76 Å². The van der Waals surface area contributed by atoms with Gasteiger partial charge in [-0.2, -0.15) is 4.98 Å². The third-order valence-electron chi connectivity index (χ3n) is 9.15. The van der Waals surface area contributed by atoms with E-state index in [1.165, 1.54) is 44.9 Å². The van der Waals surface area contributed by atoms with Crippen LogP contribution in [0.4, 0.5) is 11.8 Å². The molecule has 2 aliphatic carbocycles. The van der Waals surface area contributed by atoms with Gasteiger partial charge in [0.1, 0.15) is 5.52 Å². The molecule has 3 atom stereocenters. The minimum absolute atomic E-state index is 0.0713. The summed E-state index contributed by atoms with van der Waals surface area (Å²) in [7, 11) is 0. The summed E-state index contributed by atoms with van der Waals surface area (Å²) in [4.78, 5) is 28.8. The van der Waals surface area contributed by atoms with Gasteiger partial charge in [0.15, 0.2) is 11.5 Å². The monoisotopic (exact) mass is 524 g/mol. The summed E-state index contributed by atoms with van der Waals surface area (Å²) >= 11 is 0. The van der Waals surface area contributed by atoms with E-state index in [0.717, 1.165) is 36.3 Å². The first-order valence-corrected chi connectivity index (χ1v) is 14.4. The van der Waals surface area contributed by atoms with Crippen molar-refractivity contribution in [1.82, 2.24) is 29.7 Å². The van der Waals surface area contributed by atoms with Crippen LogP contribution < -0.4 is 16.0 Å². The number of nitrogens with zero attached hydrogens (tertiary/aromatic N) is 6. The number of aromatic amines is 1. The molecule has 0 bridgehead atoms. The van der Waals surface area contributed by atoms with E-state index in [1.54, 1.807) is 0 Å². The fraction of sp³-hybridized carbons (Fsp3) is 0.741. The molecule has 38 heavy (non-hydrogen) atoms. The van der Waals surface area contributed by atoms with Crippen LogP contribution in [-0.2, 0) is 11.3 Å². The number of nitrogens with one attached hydrogen (secondary N) is 2. The zero-order valence-corrected chi connectivity index (χ0v) is 22.9. The van der Waals surface area contributed by atoms with E-state index >= 15 is 0 Å². The third kappa shape index (κ3) is 4.81. The standard InChI is InChI=1S/C27H40N8O3/c1-15-8-10-19(11-9-15)14-35-21-22(28-16(2)20-6-5-7-20)29-24(25-32-33-27(36)38-25)30-23(21)31-26(35)34-12-13-37-18(4)17(34)3/h15-20H,5-14H2,1-4H3,(H,33,36)(H,28,29,30)/t15?,16-,17?,18?,19?/m1/s1. The van der Waals surface area contributed by atoms with Crippen molar-refractivity contribution < 1.29 is 9.15 Å². The fourth-order valence-corrected chi connectivity index (χ4v) is 6.20. The first-order valence-electron chi connectivity index (χ1n) is 14.4. The van der Waals surface area contributed by atoms with Gasteiger partial charge in [0, 0.05) is 19.1 Å². The van der Waals surface area contributed by atoms with Crippen LogP contribution in [0.1, 0.15) is 72.6 Å². The maximum absolute atomic E-state index is 11.7. The lowest BCUT2D eigenvalue weighted by molar-refractivity contribution is 0.0274. The van der Waals surface area contributed by atoms with Gasteiger partial charge in [-0.1, -0.05) is 26.2 Å². The van der Waals surface area contributed by atoms with Gasteiger partial charge in [-0.05, 0) is 64.2 Å². The number of morpholine rings is 1. The highest BCUT2D eigenvalue weighted by Crippen LogP contribution is 2.37. The van der Waals surface area contributed by atoms with Crippen molar-refractivity contribution in [2.24, 2.45) is 17.8 Å². The number of hydrogen-bond donors (Lipinski definition) is 2. The molecule has 11 heteroatoms. The summed E-state index contributed by atoms with van der Waals surface area (Å²) in [5.41, 5.74) is 1.51. The minimum atomic E-state index is -0.630. The molecule has 6 rings (SSSR count). The number of ether oxygens (including phenoxy) is 1. The Morgan fingerprint density at radius 2 is 1.87 bits per heavy atom. The molecule has 4 heterocycles. The number of aromatic nitrogens is 6. The highest BCUT2D eigenvalue weighted by atomic mass is 16.5. The first-order chi connectivity index (χ1) is 18.4. The molecule has 1 saturated heterocycles. The van der Waals surface area contributed by atoms with E-state index in [-0.39, 0.29) is 29.9 Å². The Balaban J connectivity index is 1.49. The summed E-state index contributed by atoms with van der Waals surface area (Å²) in [6.45, 7) is 11.2. The van der Waals surface area contributed by atoms with E-state index in [4.69, 9.17) is 24.1 Å². The van der Waals surface area contributed by atoms with Crippen molar-refractivity contribution in [2.45, 2.75) is 97.4 Å². The van der Waals surface area contributed by atoms with Crippen molar-refractivity contribution in [1.29, 1.82) is 0 Å². The smallest absolute Gasteiger partial charge is 0.384 e. The molecule has 2 N–H and O–H groups in total. The fourth-order valence-electron chi connectivity index (χ4n) is 6.20. The average molecular weight is 525 g/mol. The Morgan fingerprint density at radius 3 is 2.55 bits per heavy atom. The minimum Gasteiger partial charge on any atom is -0.384 e. The van der Waals surface area contributed by atoms with Gasteiger partial charge in [0.2, 0.25) is 11.8 Å². The Labute approximate surface area is 222 Å². The van der Waals surface area contributed by atoms with Crippen LogP contribution in [0.3, 0.4) is 0 Å². The topological polar surface area (TPSA) is 127 Å². The molecule has 0 spiro atoms. The molecule has 0 radical (unpaired) electrons. The Morgan fingerprint density at radius 1 is 1.08 bits per heavy atom. The van der Waals surface area contributed by atoms with Gasteiger partial charge >= 0.3 is 5.76 Å². The van der Waals surface area contributed by atoms with Crippen molar-refractivity contribution in [3.63, 3.8) is 0 Å². The second-order valence-electron chi connectivity index (χ2n) is 11.8. The highest BCUT2D eigenvalue weighted by Gasteiger charge is 2.33. The van der Waals surface area contributed by atoms with Crippen LogP contribution >= 0.6 is 0 Å². The number of hydrogen-bond acceptors (Lipinski definition) is 9. The molecule has 2 saturated carbocycles. The van der Waals surface area contributed by atoms with Crippen LogP contribution in [0.25, 0.3) is 22.9 Å². The van der Waals surface area contributed by atoms with E-state index in [2.05, 4.69) is 52.7 Å². The molecule has 1 aliphatic heterocycles. The van der Waals surface area contributed by atoms with Crippen molar-refractivity contribution in [2.75, 3.05) is 23.4 Å². The van der Waals surface area contributed by atoms with Gasteiger partial charge in [-0.25, -0.2) is 19.9 Å². The quantitative estimate of drug-likeness (QED) is 0.467. The maximum atomic E-state index is 11.7. The van der Waals surface area contributed by atoms with Crippen LogP contribution in [-0.4, -0.2) is 61.1 Å². The zero-order valence-electron chi connectivity index (χ0n) is 22.9. The van der Waals surface area contributed by atoms with Gasteiger partial charge < -0.3 is 23.9 Å². The molecule has 2 unspecified atom stereocenters. The lowest BCUT2D eigenvalue weighted by atomic mass is 9.80. The van der Waals surface area contributed by atoms with Crippen molar-refractivity contribution in [3.8, 4) is 11.7 Å². The van der Waals surface area contributed by atoms with Gasteiger partial charge in [0.25, 0.3) is 5.89 Å². The lowest BCUT2D eigenvalue weighted by Gasteiger charge is -2.39. The zero-order chi connectivity index (χ0) is 26.4. The second kappa shape index (κ2) is 10.3. The highest BCUT2D eigenvalue weighted by molar-refractivity contribution is 5.87. The number of fused-ring (bicyclic) bond motifs is 1. The summed E-state index contributed by atoms with van der Waals surface area (Å²) in [6.07, 6.45) is 8.77. The Bertz CT molecular complexity index is 1320.